The number of para-hydroxylation sites is 1. The molecule has 2 N–H and O–H groups in total. The van der Waals surface area contributed by atoms with E-state index in [9.17, 15) is 13.2 Å². The van der Waals surface area contributed by atoms with E-state index in [1.54, 1.807) is 44.4 Å². The van der Waals surface area contributed by atoms with Crippen LogP contribution in [0.2, 0.25) is 0 Å². The van der Waals surface area contributed by atoms with Gasteiger partial charge < -0.3 is 19.6 Å². The summed E-state index contributed by atoms with van der Waals surface area (Å²) in [5, 5.41) is 5.46. The fourth-order valence-electron chi connectivity index (χ4n) is 5.39. The number of aromatic nitrogens is 3. The van der Waals surface area contributed by atoms with Crippen LogP contribution in [0.15, 0.2) is 70.3 Å². The van der Waals surface area contributed by atoms with Gasteiger partial charge in [0.25, 0.3) is 5.91 Å². The molecule has 1 aliphatic rings. The summed E-state index contributed by atoms with van der Waals surface area (Å²) in [7, 11) is -2.73. The maximum atomic E-state index is 14.5. The van der Waals surface area contributed by atoms with E-state index in [1.807, 2.05) is 30.3 Å². The van der Waals surface area contributed by atoms with E-state index in [0.29, 0.717) is 25.0 Å². The molecule has 2 atom stereocenters. The predicted molar refractivity (Wildman–Crippen MR) is 136 cm³/mol. The van der Waals surface area contributed by atoms with Crippen molar-refractivity contribution in [2.75, 3.05) is 7.11 Å². The average molecular weight is 521 g/mol. The first-order chi connectivity index (χ1) is 17.8. The first kappa shape index (κ1) is 24.8. The SMILES string of the molecule is COc1ccccc1C(=O)NC(C1(c2ccccc2)CCc2[nH]cnc2C1)S(=O)(=O)c1c(C)noc1C. The minimum Gasteiger partial charge on any atom is -0.496 e. The van der Waals surface area contributed by atoms with Crippen molar-refractivity contribution in [1.29, 1.82) is 0 Å². The molecular weight excluding hydrogens is 492 g/mol. The number of aromatic amines is 1. The summed E-state index contributed by atoms with van der Waals surface area (Å²) in [6.07, 6.45) is 2.97. The Balaban J connectivity index is 1.72. The zero-order valence-electron chi connectivity index (χ0n) is 20.8. The van der Waals surface area contributed by atoms with Gasteiger partial charge in [-0.1, -0.05) is 47.6 Å². The Morgan fingerprint density at radius 1 is 1.14 bits per heavy atom. The molecule has 0 spiro atoms. The molecular formula is C27H28N4O5S. The van der Waals surface area contributed by atoms with Gasteiger partial charge in [0.15, 0.2) is 5.76 Å². The molecule has 9 nitrogen and oxygen atoms in total. The van der Waals surface area contributed by atoms with Crippen molar-refractivity contribution in [3.63, 3.8) is 0 Å². The van der Waals surface area contributed by atoms with Crippen LogP contribution in [0, 0.1) is 13.8 Å². The van der Waals surface area contributed by atoms with E-state index in [4.69, 9.17) is 9.26 Å². The molecule has 2 heterocycles. The van der Waals surface area contributed by atoms with Gasteiger partial charge in [-0.2, -0.15) is 0 Å². The van der Waals surface area contributed by atoms with Gasteiger partial charge in [-0.3, -0.25) is 4.79 Å². The monoisotopic (exact) mass is 520 g/mol. The summed E-state index contributed by atoms with van der Waals surface area (Å²) in [4.78, 5) is 21.4. The maximum absolute atomic E-state index is 14.5. The molecule has 0 fully saturated rings. The van der Waals surface area contributed by atoms with Gasteiger partial charge in [0.05, 0.1) is 30.4 Å². The number of imidazole rings is 1. The van der Waals surface area contributed by atoms with Crippen molar-refractivity contribution < 1.29 is 22.5 Å². The van der Waals surface area contributed by atoms with Crippen molar-refractivity contribution in [1.82, 2.24) is 20.4 Å². The Labute approximate surface area is 215 Å². The molecule has 1 aliphatic carbocycles. The number of nitrogens with one attached hydrogen (secondary N) is 2. The second-order valence-corrected chi connectivity index (χ2v) is 11.2. The number of H-pyrrole nitrogens is 1. The van der Waals surface area contributed by atoms with E-state index >= 15 is 0 Å². The Morgan fingerprint density at radius 3 is 2.57 bits per heavy atom. The molecule has 1 amide bonds. The lowest BCUT2D eigenvalue weighted by Crippen LogP contribution is -2.57. The van der Waals surface area contributed by atoms with Crippen LogP contribution in [0.3, 0.4) is 0 Å². The van der Waals surface area contributed by atoms with E-state index in [1.165, 1.54) is 7.11 Å². The van der Waals surface area contributed by atoms with Crippen LogP contribution >= 0.6 is 0 Å². The van der Waals surface area contributed by atoms with Gasteiger partial charge in [0, 0.05) is 17.5 Å². The summed E-state index contributed by atoms with van der Waals surface area (Å²) in [6, 6.07) is 16.2. The van der Waals surface area contributed by atoms with Gasteiger partial charge in [-0.25, -0.2) is 13.4 Å². The van der Waals surface area contributed by atoms with E-state index in [2.05, 4.69) is 20.4 Å². The summed E-state index contributed by atoms with van der Waals surface area (Å²) in [6.45, 7) is 3.15. The highest BCUT2D eigenvalue weighted by atomic mass is 32.2. The Morgan fingerprint density at radius 2 is 1.86 bits per heavy atom. The smallest absolute Gasteiger partial charge is 0.256 e. The molecule has 2 unspecified atom stereocenters. The number of hydrogen-bond donors (Lipinski definition) is 2. The predicted octanol–water partition coefficient (Wildman–Crippen LogP) is 3.68. The second kappa shape index (κ2) is 9.51. The summed E-state index contributed by atoms with van der Waals surface area (Å²) in [5.41, 5.74) is 2.01. The Bertz CT molecular complexity index is 1520. The number of fused-ring (bicyclic) bond motifs is 1. The zero-order chi connectivity index (χ0) is 26.2. The second-order valence-electron chi connectivity index (χ2n) is 9.28. The van der Waals surface area contributed by atoms with Gasteiger partial charge >= 0.3 is 0 Å². The maximum Gasteiger partial charge on any atom is 0.256 e. The van der Waals surface area contributed by atoms with Crippen LogP contribution in [0.5, 0.6) is 5.75 Å². The summed E-state index contributed by atoms with van der Waals surface area (Å²) < 4.78 is 39.7. The fourth-order valence-corrected chi connectivity index (χ4v) is 7.70. The van der Waals surface area contributed by atoms with Gasteiger partial charge in [-0.15, -0.1) is 0 Å². The van der Waals surface area contributed by atoms with Crippen LogP contribution in [0.25, 0.3) is 0 Å². The summed E-state index contributed by atoms with van der Waals surface area (Å²) >= 11 is 0. The molecule has 0 saturated heterocycles. The molecule has 192 valence electrons. The molecule has 2 aromatic carbocycles. The number of hydrogen-bond acceptors (Lipinski definition) is 7. The summed E-state index contributed by atoms with van der Waals surface area (Å²) in [5.74, 6) is -0.0325. The molecule has 0 aliphatic heterocycles. The van der Waals surface area contributed by atoms with Crippen LogP contribution in [0.4, 0.5) is 0 Å². The molecule has 10 heteroatoms. The third kappa shape index (κ3) is 4.21. The molecule has 37 heavy (non-hydrogen) atoms. The molecule has 4 aromatic rings. The third-order valence-corrected chi connectivity index (χ3v) is 9.48. The number of ether oxygens (including phenoxy) is 1. The van der Waals surface area contributed by atoms with Crippen molar-refractivity contribution in [2.45, 2.75) is 48.8 Å². The number of amides is 1. The first-order valence-electron chi connectivity index (χ1n) is 12.0. The molecule has 0 saturated carbocycles. The number of nitrogens with zero attached hydrogens (tertiary/aromatic N) is 2. The molecule has 2 aromatic heterocycles. The highest BCUT2D eigenvalue weighted by Crippen LogP contribution is 2.44. The Kier molecular flexibility index (Phi) is 6.36. The van der Waals surface area contributed by atoms with Crippen LogP contribution < -0.4 is 10.1 Å². The standard InChI is InChI=1S/C27H28N4O5S/c1-17-24(18(2)36-31-17)37(33,34)26(30-25(32)20-11-7-8-12-23(20)35-3)27(19-9-5-4-6-10-19)14-13-21-22(15-27)29-16-28-21/h4-12,16,26H,13-15H2,1-3H3,(H,28,29)(H,30,32). The fraction of sp³-hybridized carbons (Fsp3) is 0.296. The van der Waals surface area contributed by atoms with Crippen LogP contribution in [-0.2, 0) is 28.1 Å². The van der Waals surface area contributed by atoms with Gasteiger partial charge in [0.1, 0.15) is 16.0 Å². The Hall–Kier alpha value is -3.92. The number of methoxy groups -OCH3 is 1. The van der Waals surface area contributed by atoms with E-state index in [0.717, 1.165) is 17.0 Å². The lowest BCUT2D eigenvalue weighted by molar-refractivity contribution is 0.0926. The first-order valence-corrected chi connectivity index (χ1v) is 13.5. The highest BCUT2D eigenvalue weighted by molar-refractivity contribution is 7.92. The van der Waals surface area contributed by atoms with Gasteiger partial charge in [-0.05, 0) is 44.4 Å². The quantitative estimate of drug-likeness (QED) is 0.381. The van der Waals surface area contributed by atoms with Crippen molar-refractivity contribution in [3.8, 4) is 5.75 Å². The molecule has 5 rings (SSSR count). The lowest BCUT2D eigenvalue weighted by atomic mass is 9.69. The van der Waals surface area contributed by atoms with Gasteiger partial charge in [0.2, 0.25) is 9.84 Å². The third-order valence-electron chi connectivity index (χ3n) is 7.14. The largest absolute Gasteiger partial charge is 0.496 e. The van der Waals surface area contributed by atoms with E-state index < -0.39 is 26.5 Å². The zero-order valence-corrected chi connectivity index (χ0v) is 21.6. The number of rotatable bonds is 7. The number of carbonyl (C=O) groups excluding carboxylic acids is 1. The van der Waals surface area contributed by atoms with Crippen molar-refractivity contribution >= 4 is 15.7 Å². The number of sulfone groups is 1. The topological polar surface area (TPSA) is 127 Å². The number of carbonyl (C=O) groups is 1. The molecule has 0 bridgehead atoms. The highest BCUT2D eigenvalue weighted by Gasteiger charge is 2.52. The number of aryl methyl sites for hydroxylation is 3. The average Bonchev–Trinajstić information content (AvgIpc) is 3.52. The normalized spacial score (nSPS) is 18.1. The minimum atomic E-state index is -4.20. The number of benzene rings is 2. The van der Waals surface area contributed by atoms with Crippen LogP contribution in [-0.4, -0.2) is 41.9 Å². The molecule has 0 radical (unpaired) electrons. The van der Waals surface area contributed by atoms with Crippen LogP contribution in [0.1, 0.15) is 45.2 Å². The van der Waals surface area contributed by atoms with E-state index in [-0.39, 0.29) is 21.9 Å². The lowest BCUT2D eigenvalue weighted by Gasteiger charge is -2.43. The van der Waals surface area contributed by atoms with Crippen molar-refractivity contribution in [2.24, 2.45) is 0 Å². The minimum absolute atomic E-state index is 0.0130. The van der Waals surface area contributed by atoms with Crippen molar-refractivity contribution in [3.05, 3.63) is 94.9 Å².